The Morgan fingerprint density at radius 1 is 1.20 bits per heavy atom. The Labute approximate surface area is 165 Å². The van der Waals surface area contributed by atoms with Crippen LogP contribution >= 0.6 is 36.2 Å². The van der Waals surface area contributed by atoms with Gasteiger partial charge in [0, 0.05) is 12.7 Å². The Bertz CT molecular complexity index is 810. The number of fused-ring (bicyclic) bond motifs is 1. The van der Waals surface area contributed by atoms with Crippen LogP contribution in [0.1, 0.15) is 11.3 Å². The van der Waals surface area contributed by atoms with Crippen molar-refractivity contribution in [3.63, 3.8) is 0 Å². The summed E-state index contributed by atoms with van der Waals surface area (Å²) in [7, 11) is 4.21. The van der Waals surface area contributed by atoms with Crippen LogP contribution in [0, 0.1) is 0 Å². The maximum Gasteiger partial charge on any atom is 0.141 e. The minimum Gasteiger partial charge on any atom is -0.383 e. The van der Waals surface area contributed by atoms with Crippen molar-refractivity contribution in [2.45, 2.75) is 13.0 Å². The van der Waals surface area contributed by atoms with Crippen LogP contribution in [0.5, 0.6) is 0 Å². The molecule has 2 aromatic heterocycles. The first-order valence-electron chi connectivity index (χ1n) is 7.75. The van der Waals surface area contributed by atoms with Crippen molar-refractivity contribution in [2.75, 3.05) is 20.6 Å². The number of benzene rings is 1. The molecule has 0 aliphatic rings. The second-order valence-electron chi connectivity index (χ2n) is 5.88. The molecule has 0 radical (unpaired) electrons. The number of nitrogens with zero attached hydrogens (tertiary/aromatic N) is 3. The van der Waals surface area contributed by atoms with E-state index in [2.05, 4.69) is 53.0 Å². The van der Waals surface area contributed by atoms with Crippen molar-refractivity contribution in [3.8, 4) is 0 Å². The lowest BCUT2D eigenvalue weighted by molar-refractivity contribution is 0.388. The molecule has 0 unspecified atom stereocenters. The number of aliphatic imine (C=N–C) groups is 1. The molecule has 3 aromatic rings. The number of nitrogens with two attached hydrogens (primary N) is 1. The number of hydrogen-bond acceptors (Lipinski definition) is 3. The molecule has 0 atom stereocenters. The predicted octanol–water partition coefficient (Wildman–Crippen LogP) is 4.54. The SMILES string of the molecule is CN(C)CCCn1ccc2ccc(N=C(N)c3cccs3)cc21.Cl.Cl. The minimum atomic E-state index is 0. The summed E-state index contributed by atoms with van der Waals surface area (Å²) in [6.45, 7) is 2.10. The van der Waals surface area contributed by atoms with Gasteiger partial charge in [-0.1, -0.05) is 12.1 Å². The average Bonchev–Trinajstić information content (AvgIpc) is 3.17. The van der Waals surface area contributed by atoms with E-state index in [0.29, 0.717) is 5.84 Å². The Kier molecular flexibility index (Phi) is 8.45. The molecule has 25 heavy (non-hydrogen) atoms. The monoisotopic (exact) mass is 398 g/mol. The highest BCUT2D eigenvalue weighted by Crippen LogP contribution is 2.23. The van der Waals surface area contributed by atoms with Gasteiger partial charge < -0.3 is 15.2 Å². The highest BCUT2D eigenvalue weighted by Gasteiger charge is 2.04. The molecule has 3 rings (SSSR count). The number of aryl methyl sites for hydroxylation is 1. The molecule has 4 nitrogen and oxygen atoms in total. The Morgan fingerprint density at radius 3 is 2.68 bits per heavy atom. The van der Waals surface area contributed by atoms with Gasteiger partial charge in [-0.25, -0.2) is 4.99 Å². The number of rotatable bonds is 6. The summed E-state index contributed by atoms with van der Waals surface area (Å²) in [5.74, 6) is 0.574. The first-order valence-corrected chi connectivity index (χ1v) is 8.63. The molecule has 0 bridgehead atoms. The van der Waals surface area contributed by atoms with Crippen molar-refractivity contribution >= 4 is 58.6 Å². The molecule has 0 aliphatic heterocycles. The highest BCUT2D eigenvalue weighted by atomic mass is 35.5. The van der Waals surface area contributed by atoms with Crippen LogP contribution in [0.4, 0.5) is 5.69 Å². The third-order valence-corrected chi connectivity index (χ3v) is 4.68. The number of thiophene rings is 1. The second kappa shape index (κ2) is 9.82. The zero-order chi connectivity index (χ0) is 16.2. The molecule has 136 valence electrons. The second-order valence-corrected chi connectivity index (χ2v) is 6.83. The molecule has 0 amide bonds. The summed E-state index contributed by atoms with van der Waals surface area (Å²) in [5, 5.41) is 3.25. The Balaban J connectivity index is 0.00000156. The highest BCUT2D eigenvalue weighted by molar-refractivity contribution is 7.12. The molecule has 1 aromatic carbocycles. The quantitative estimate of drug-likeness (QED) is 0.489. The molecular weight excluding hydrogens is 375 g/mol. The predicted molar refractivity (Wildman–Crippen MR) is 114 cm³/mol. The van der Waals surface area contributed by atoms with Gasteiger partial charge in [-0.2, -0.15) is 0 Å². The lowest BCUT2D eigenvalue weighted by atomic mass is 10.2. The van der Waals surface area contributed by atoms with E-state index in [-0.39, 0.29) is 24.8 Å². The molecule has 7 heteroatoms. The number of hydrogen-bond donors (Lipinski definition) is 1. The first kappa shape index (κ1) is 21.5. The van der Waals surface area contributed by atoms with Gasteiger partial charge in [-0.05, 0) is 62.1 Å². The van der Waals surface area contributed by atoms with Gasteiger partial charge in [0.05, 0.1) is 16.1 Å². The fourth-order valence-electron chi connectivity index (χ4n) is 2.61. The van der Waals surface area contributed by atoms with Gasteiger partial charge in [0.15, 0.2) is 0 Å². The average molecular weight is 399 g/mol. The summed E-state index contributed by atoms with van der Waals surface area (Å²) >= 11 is 1.61. The van der Waals surface area contributed by atoms with Crippen LogP contribution in [-0.4, -0.2) is 35.9 Å². The summed E-state index contributed by atoms with van der Waals surface area (Å²) in [5.41, 5.74) is 8.20. The van der Waals surface area contributed by atoms with Crippen LogP contribution in [0.15, 0.2) is 53.0 Å². The van der Waals surface area contributed by atoms with Crippen LogP contribution in [0.3, 0.4) is 0 Å². The summed E-state index contributed by atoms with van der Waals surface area (Å²) in [6.07, 6.45) is 3.28. The molecule has 0 aliphatic carbocycles. The summed E-state index contributed by atoms with van der Waals surface area (Å²) in [4.78, 5) is 7.78. The lowest BCUT2D eigenvalue weighted by Gasteiger charge is -2.10. The van der Waals surface area contributed by atoms with E-state index in [1.54, 1.807) is 11.3 Å². The van der Waals surface area contributed by atoms with Gasteiger partial charge in [0.25, 0.3) is 0 Å². The number of amidine groups is 1. The van der Waals surface area contributed by atoms with Crippen LogP contribution < -0.4 is 5.73 Å². The maximum absolute atomic E-state index is 6.09. The third-order valence-electron chi connectivity index (χ3n) is 3.79. The van der Waals surface area contributed by atoms with Crippen LogP contribution in [0.25, 0.3) is 10.9 Å². The maximum atomic E-state index is 6.09. The number of aromatic nitrogens is 1. The fraction of sp³-hybridized carbons (Fsp3) is 0.278. The van der Waals surface area contributed by atoms with Gasteiger partial charge in [-0.3, -0.25) is 0 Å². The van der Waals surface area contributed by atoms with Crippen molar-refractivity contribution in [1.82, 2.24) is 9.47 Å². The molecule has 0 saturated carbocycles. The fourth-order valence-corrected chi connectivity index (χ4v) is 3.24. The zero-order valence-electron chi connectivity index (χ0n) is 14.4. The van der Waals surface area contributed by atoms with E-state index in [1.165, 1.54) is 10.9 Å². The molecule has 0 saturated heterocycles. The minimum absolute atomic E-state index is 0. The third kappa shape index (κ3) is 5.47. The zero-order valence-corrected chi connectivity index (χ0v) is 16.8. The molecular formula is C18H24Cl2N4S. The molecule has 2 N–H and O–H groups in total. The van der Waals surface area contributed by atoms with E-state index in [1.807, 2.05) is 23.6 Å². The van der Waals surface area contributed by atoms with E-state index >= 15 is 0 Å². The topological polar surface area (TPSA) is 46.5 Å². The standard InChI is InChI=1S/C18H22N4S.2ClH/c1-21(2)9-4-10-22-11-8-14-6-7-15(13-16(14)22)20-18(19)17-5-3-12-23-17;;/h3,5-8,11-13H,4,9-10H2,1-2H3,(H2,19,20);2*1H. The van der Waals surface area contributed by atoms with Crippen LogP contribution in [0.2, 0.25) is 0 Å². The Morgan fingerprint density at radius 2 is 2.00 bits per heavy atom. The summed E-state index contributed by atoms with van der Waals surface area (Å²) < 4.78 is 2.29. The molecule has 0 fully saturated rings. The van der Waals surface area contributed by atoms with Crippen LogP contribution in [-0.2, 0) is 6.54 Å². The first-order chi connectivity index (χ1) is 11.1. The smallest absolute Gasteiger partial charge is 0.141 e. The van der Waals surface area contributed by atoms with Gasteiger partial charge >= 0.3 is 0 Å². The van der Waals surface area contributed by atoms with Crippen molar-refractivity contribution < 1.29 is 0 Å². The Hall–Kier alpha value is -1.53. The van der Waals surface area contributed by atoms with Gasteiger partial charge in [0.1, 0.15) is 5.84 Å². The van der Waals surface area contributed by atoms with E-state index in [9.17, 15) is 0 Å². The normalized spacial score (nSPS) is 11.4. The van der Waals surface area contributed by atoms with E-state index in [4.69, 9.17) is 5.73 Å². The number of halogens is 2. The van der Waals surface area contributed by atoms with Gasteiger partial charge in [-0.15, -0.1) is 36.2 Å². The lowest BCUT2D eigenvalue weighted by Crippen LogP contribution is -2.14. The van der Waals surface area contributed by atoms with Gasteiger partial charge in [0.2, 0.25) is 0 Å². The van der Waals surface area contributed by atoms with Crippen molar-refractivity contribution in [2.24, 2.45) is 10.7 Å². The van der Waals surface area contributed by atoms with Crippen molar-refractivity contribution in [1.29, 1.82) is 0 Å². The van der Waals surface area contributed by atoms with E-state index in [0.717, 1.165) is 30.1 Å². The molecule has 2 heterocycles. The van der Waals surface area contributed by atoms with E-state index < -0.39 is 0 Å². The van der Waals surface area contributed by atoms with Crippen molar-refractivity contribution in [3.05, 3.63) is 52.9 Å². The molecule has 0 spiro atoms. The largest absolute Gasteiger partial charge is 0.383 e. The summed E-state index contributed by atoms with van der Waals surface area (Å²) in [6, 6.07) is 12.4.